The molecular weight excluding hydrogens is 260 g/mol. The molecule has 0 saturated heterocycles. The molecule has 4 nitrogen and oxygen atoms in total. The number of hydrogen-bond acceptors (Lipinski definition) is 4. The molecule has 0 aliphatic heterocycles. The van der Waals surface area contributed by atoms with Gasteiger partial charge >= 0.3 is 5.97 Å². The van der Waals surface area contributed by atoms with Crippen LogP contribution < -0.4 is 5.73 Å². The van der Waals surface area contributed by atoms with E-state index in [9.17, 15) is 9.90 Å². The fourth-order valence-corrected chi connectivity index (χ4v) is 3.70. The highest BCUT2D eigenvalue weighted by Crippen LogP contribution is 2.49. The van der Waals surface area contributed by atoms with Crippen LogP contribution in [0.4, 0.5) is 5.69 Å². The lowest BCUT2D eigenvalue weighted by molar-refractivity contribution is -0.142. The summed E-state index contributed by atoms with van der Waals surface area (Å²) in [6, 6.07) is 7.40. The predicted molar refractivity (Wildman–Crippen MR) is 76.2 cm³/mol. The van der Waals surface area contributed by atoms with Gasteiger partial charge in [0.15, 0.2) is 0 Å². The van der Waals surface area contributed by atoms with Crippen molar-refractivity contribution < 1.29 is 9.90 Å². The first-order valence-electron chi connectivity index (χ1n) is 6.17. The fourth-order valence-electron chi connectivity index (χ4n) is 2.30. The maximum absolute atomic E-state index is 11.4. The van der Waals surface area contributed by atoms with E-state index >= 15 is 0 Å². The molecule has 1 aromatic carbocycles. The van der Waals surface area contributed by atoms with Gasteiger partial charge < -0.3 is 10.8 Å². The number of carboxylic acids is 1. The molecule has 0 unspecified atom stereocenters. The van der Waals surface area contributed by atoms with E-state index in [0.29, 0.717) is 5.69 Å². The Morgan fingerprint density at radius 1 is 1.37 bits per heavy atom. The van der Waals surface area contributed by atoms with Gasteiger partial charge in [-0.2, -0.15) is 0 Å². The second-order valence-electron chi connectivity index (χ2n) is 4.84. The second-order valence-corrected chi connectivity index (χ2v) is 6.27. The lowest BCUT2D eigenvalue weighted by Crippen LogP contribution is -2.41. The maximum atomic E-state index is 11.4. The summed E-state index contributed by atoms with van der Waals surface area (Å²) < 4.78 is -0.668. The monoisotopic (exact) mass is 274 g/mol. The number of aromatic nitrogens is 1. The normalized spacial score (nSPS) is 17.1. The molecule has 1 aromatic heterocycles. The van der Waals surface area contributed by atoms with Crippen molar-refractivity contribution in [3.63, 3.8) is 0 Å². The van der Waals surface area contributed by atoms with Crippen LogP contribution >= 0.6 is 11.8 Å². The highest BCUT2D eigenvalue weighted by atomic mass is 32.2. The van der Waals surface area contributed by atoms with Crippen molar-refractivity contribution in [2.75, 3.05) is 5.73 Å². The van der Waals surface area contributed by atoms with Crippen LogP contribution in [0.2, 0.25) is 0 Å². The number of nitrogens with zero attached hydrogens (tertiary/aromatic N) is 1. The molecule has 1 fully saturated rings. The standard InChI is InChI=1S/C14H14N2O2S/c15-9-2-3-11-10(8-9)12(4-7-16-11)19-14(13(17)18)5-1-6-14/h2-4,7-8H,1,5-6,15H2,(H,17,18). The number of aliphatic carboxylic acids is 1. The third-order valence-corrected chi connectivity index (χ3v) is 5.13. The summed E-state index contributed by atoms with van der Waals surface area (Å²) >= 11 is 1.43. The van der Waals surface area contributed by atoms with E-state index in [0.717, 1.165) is 35.1 Å². The van der Waals surface area contributed by atoms with Crippen LogP contribution in [-0.2, 0) is 4.79 Å². The summed E-state index contributed by atoms with van der Waals surface area (Å²) in [5.74, 6) is -0.724. The molecule has 0 radical (unpaired) electrons. The molecule has 1 saturated carbocycles. The zero-order valence-electron chi connectivity index (χ0n) is 10.3. The van der Waals surface area contributed by atoms with Crippen LogP contribution in [0.1, 0.15) is 19.3 Å². The third-order valence-electron chi connectivity index (χ3n) is 3.58. The van der Waals surface area contributed by atoms with Crippen molar-refractivity contribution >= 4 is 34.3 Å². The predicted octanol–water partition coefficient (Wildman–Crippen LogP) is 2.92. The Hall–Kier alpha value is -1.75. The number of nitrogens with two attached hydrogens (primary N) is 1. The number of nitrogen functional groups attached to an aromatic ring is 1. The number of carboxylic acid groups (broad SMARTS) is 1. The molecule has 3 rings (SSSR count). The zero-order chi connectivity index (χ0) is 13.5. The Bertz CT molecular complexity index is 653. The number of pyridine rings is 1. The highest BCUT2D eigenvalue weighted by molar-refractivity contribution is 8.01. The molecule has 1 aliphatic carbocycles. The van der Waals surface area contributed by atoms with Gasteiger partial charge in [-0.3, -0.25) is 9.78 Å². The first kappa shape index (κ1) is 12.3. The van der Waals surface area contributed by atoms with Crippen molar-refractivity contribution in [1.82, 2.24) is 4.98 Å². The van der Waals surface area contributed by atoms with Gasteiger partial charge in [0, 0.05) is 22.2 Å². The van der Waals surface area contributed by atoms with Crippen LogP contribution in [0.3, 0.4) is 0 Å². The number of benzene rings is 1. The quantitative estimate of drug-likeness (QED) is 0.842. The molecule has 19 heavy (non-hydrogen) atoms. The fraction of sp³-hybridized carbons (Fsp3) is 0.286. The first-order valence-corrected chi connectivity index (χ1v) is 6.99. The van der Waals surface area contributed by atoms with Gasteiger partial charge in [-0.05, 0) is 43.5 Å². The first-order chi connectivity index (χ1) is 9.11. The number of carbonyl (C=O) groups is 1. The minimum atomic E-state index is -0.724. The molecule has 5 heteroatoms. The molecule has 1 aliphatic rings. The topological polar surface area (TPSA) is 76.2 Å². The molecule has 1 heterocycles. The van der Waals surface area contributed by atoms with Crippen LogP contribution in [0.25, 0.3) is 10.9 Å². The van der Waals surface area contributed by atoms with Gasteiger partial charge in [-0.25, -0.2) is 0 Å². The summed E-state index contributed by atoms with van der Waals surface area (Å²) in [6.45, 7) is 0. The van der Waals surface area contributed by atoms with Gasteiger partial charge in [0.25, 0.3) is 0 Å². The van der Waals surface area contributed by atoms with Crippen LogP contribution in [-0.4, -0.2) is 20.8 Å². The summed E-state index contributed by atoms with van der Waals surface area (Å²) in [4.78, 5) is 16.7. The molecule has 0 atom stereocenters. The van der Waals surface area contributed by atoms with E-state index in [-0.39, 0.29) is 0 Å². The van der Waals surface area contributed by atoms with Gasteiger partial charge in [0.05, 0.1) is 5.52 Å². The van der Waals surface area contributed by atoms with E-state index in [1.807, 2.05) is 18.2 Å². The van der Waals surface area contributed by atoms with Crippen LogP contribution in [0.5, 0.6) is 0 Å². The average Bonchev–Trinajstić information content (AvgIpc) is 2.33. The Kier molecular flexibility index (Phi) is 2.86. The molecular formula is C14H14N2O2S. The summed E-state index contributed by atoms with van der Waals surface area (Å²) in [5, 5.41) is 10.3. The van der Waals surface area contributed by atoms with Crippen molar-refractivity contribution in [1.29, 1.82) is 0 Å². The van der Waals surface area contributed by atoms with Gasteiger partial charge in [0.1, 0.15) is 4.75 Å². The van der Waals surface area contributed by atoms with E-state index in [4.69, 9.17) is 5.73 Å². The number of anilines is 1. The number of rotatable bonds is 3. The Morgan fingerprint density at radius 3 is 2.79 bits per heavy atom. The largest absolute Gasteiger partial charge is 0.480 e. The Balaban J connectivity index is 2.05. The number of hydrogen-bond donors (Lipinski definition) is 2. The minimum absolute atomic E-state index is 0.667. The van der Waals surface area contributed by atoms with Crippen LogP contribution in [0, 0.1) is 0 Å². The average molecular weight is 274 g/mol. The van der Waals surface area contributed by atoms with Crippen molar-refractivity contribution in [3.8, 4) is 0 Å². The summed E-state index contributed by atoms with van der Waals surface area (Å²) in [7, 11) is 0. The van der Waals surface area contributed by atoms with E-state index < -0.39 is 10.7 Å². The lowest BCUT2D eigenvalue weighted by atomic mass is 9.84. The lowest BCUT2D eigenvalue weighted by Gasteiger charge is -2.37. The van der Waals surface area contributed by atoms with Gasteiger partial charge in [0.2, 0.25) is 0 Å². The summed E-state index contributed by atoms with van der Waals surface area (Å²) in [5.41, 5.74) is 7.32. The highest BCUT2D eigenvalue weighted by Gasteiger charge is 2.45. The molecule has 0 amide bonds. The molecule has 3 N–H and O–H groups in total. The van der Waals surface area contributed by atoms with Crippen LogP contribution in [0.15, 0.2) is 35.4 Å². The second kappa shape index (κ2) is 4.42. The Labute approximate surface area is 115 Å². The smallest absolute Gasteiger partial charge is 0.320 e. The summed E-state index contributed by atoms with van der Waals surface area (Å²) in [6.07, 6.45) is 4.14. The Morgan fingerprint density at radius 2 is 2.16 bits per heavy atom. The SMILES string of the molecule is Nc1ccc2nccc(SC3(C(=O)O)CCC3)c2c1. The van der Waals surface area contributed by atoms with Gasteiger partial charge in [-0.1, -0.05) is 0 Å². The molecule has 0 spiro atoms. The minimum Gasteiger partial charge on any atom is -0.480 e. The van der Waals surface area contributed by atoms with Crippen molar-refractivity contribution in [2.24, 2.45) is 0 Å². The number of fused-ring (bicyclic) bond motifs is 1. The third kappa shape index (κ3) is 2.04. The maximum Gasteiger partial charge on any atom is 0.320 e. The van der Waals surface area contributed by atoms with E-state index in [1.165, 1.54) is 11.8 Å². The van der Waals surface area contributed by atoms with E-state index in [2.05, 4.69) is 4.98 Å². The van der Waals surface area contributed by atoms with Gasteiger partial charge in [-0.15, -0.1) is 11.8 Å². The van der Waals surface area contributed by atoms with Crippen molar-refractivity contribution in [3.05, 3.63) is 30.5 Å². The molecule has 98 valence electrons. The zero-order valence-corrected chi connectivity index (χ0v) is 11.1. The molecule has 2 aromatic rings. The van der Waals surface area contributed by atoms with E-state index in [1.54, 1.807) is 12.3 Å². The van der Waals surface area contributed by atoms with Crippen molar-refractivity contribution in [2.45, 2.75) is 28.9 Å². The molecule has 0 bridgehead atoms. The number of thioether (sulfide) groups is 1.